The van der Waals surface area contributed by atoms with Crippen LogP contribution in [0.1, 0.15) is 12.5 Å². The van der Waals surface area contributed by atoms with E-state index < -0.39 is 0 Å². The molecule has 1 N–H and O–H groups in total. The van der Waals surface area contributed by atoms with E-state index in [2.05, 4.69) is 25.6 Å². The second-order valence-corrected chi connectivity index (χ2v) is 4.62. The molecule has 0 spiro atoms. The van der Waals surface area contributed by atoms with E-state index in [1.54, 1.807) is 10.9 Å². The van der Waals surface area contributed by atoms with Crippen molar-refractivity contribution in [3.63, 3.8) is 0 Å². The second kappa shape index (κ2) is 5.70. The maximum absolute atomic E-state index is 4.57. The van der Waals surface area contributed by atoms with E-state index in [1.807, 2.05) is 50.4 Å². The van der Waals surface area contributed by atoms with Gasteiger partial charge in [0.05, 0.1) is 17.6 Å². The average Bonchev–Trinajstić information content (AvgIpc) is 3.00. The summed E-state index contributed by atoms with van der Waals surface area (Å²) >= 11 is 0. The van der Waals surface area contributed by atoms with Crippen LogP contribution in [-0.4, -0.2) is 31.5 Å². The second-order valence-electron chi connectivity index (χ2n) is 4.62. The quantitative estimate of drug-likeness (QED) is 0.795. The molecule has 106 valence electrons. The molecule has 6 nitrogen and oxygen atoms in total. The Morgan fingerprint density at radius 3 is 2.71 bits per heavy atom. The zero-order valence-electron chi connectivity index (χ0n) is 12.0. The molecule has 0 fully saturated rings. The monoisotopic (exact) mass is 280 g/mol. The fourth-order valence-corrected chi connectivity index (χ4v) is 2.10. The third-order valence-corrected chi connectivity index (χ3v) is 3.10. The highest BCUT2D eigenvalue weighted by molar-refractivity contribution is 5.61. The molecule has 3 aromatic rings. The molecule has 2 heterocycles. The molecular weight excluding hydrogens is 264 g/mol. The molecule has 0 unspecified atom stereocenters. The first-order valence-corrected chi connectivity index (χ1v) is 6.83. The highest BCUT2D eigenvalue weighted by atomic mass is 15.4. The molecule has 0 amide bonds. The number of anilines is 1. The molecule has 0 bridgehead atoms. The van der Waals surface area contributed by atoms with Crippen molar-refractivity contribution >= 4 is 5.95 Å². The van der Waals surface area contributed by atoms with Crippen molar-refractivity contribution in [3.05, 3.63) is 48.3 Å². The summed E-state index contributed by atoms with van der Waals surface area (Å²) in [5.41, 5.74) is 3.61. The normalized spacial score (nSPS) is 10.6. The van der Waals surface area contributed by atoms with Gasteiger partial charge in [-0.1, -0.05) is 23.4 Å². The number of para-hydroxylation sites is 1. The van der Waals surface area contributed by atoms with E-state index in [0.717, 1.165) is 29.2 Å². The first-order valence-electron chi connectivity index (χ1n) is 6.83. The van der Waals surface area contributed by atoms with Crippen LogP contribution in [0.15, 0.2) is 42.7 Å². The van der Waals surface area contributed by atoms with Crippen molar-refractivity contribution in [1.82, 2.24) is 25.0 Å². The molecule has 0 aliphatic carbocycles. The van der Waals surface area contributed by atoms with Crippen LogP contribution in [0.2, 0.25) is 0 Å². The number of benzene rings is 1. The number of hydrogen-bond donors (Lipinski definition) is 1. The lowest BCUT2D eigenvalue weighted by Crippen LogP contribution is -2.06. The molecule has 3 rings (SSSR count). The highest BCUT2D eigenvalue weighted by Crippen LogP contribution is 2.23. The molecule has 0 aliphatic heterocycles. The first kappa shape index (κ1) is 13.2. The van der Waals surface area contributed by atoms with Crippen LogP contribution >= 0.6 is 0 Å². The van der Waals surface area contributed by atoms with Crippen LogP contribution in [0.3, 0.4) is 0 Å². The van der Waals surface area contributed by atoms with Gasteiger partial charge >= 0.3 is 0 Å². The van der Waals surface area contributed by atoms with Crippen LogP contribution in [0.4, 0.5) is 5.95 Å². The van der Waals surface area contributed by atoms with Gasteiger partial charge in [-0.15, -0.1) is 5.10 Å². The minimum atomic E-state index is 0.610. The number of aryl methyl sites for hydroxylation is 1. The smallest absolute Gasteiger partial charge is 0.223 e. The Bertz CT molecular complexity index is 735. The summed E-state index contributed by atoms with van der Waals surface area (Å²) in [6.45, 7) is 4.77. The fourth-order valence-electron chi connectivity index (χ4n) is 2.10. The van der Waals surface area contributed by atoms with Crippen molar-refractivity contribution in [2.24, 2.45) is 0 Å². The van der Waals surface area contributed by atoms with Crippen molar-refractivity contribution in [3.8, 4) is 17.1 Å². The molecule has 0 saturated carbocycles. The van der Waals surface area contributed by atoms with Gasteiger partial charge < -0.3 is 5.32 Å². The summed E-state index contributed by atoms with van der Waals surface area (Å²) in [6.07, 6.45) is 3.53. The van der Waals surface area contributed by atoms with Gasteiger partial charge in [0.1, 0.15) is 5.69 Å². The molecule has 0 aliphatic rings. The molecular formula is C15H16N6. The standard InChI is InChI=1S/C15H16N6/c1-3-16-15-17-9-11(2)14(19-15)13-10-18-20-21(13)12-7-5-4-6-8-12/h4-10H,3H2,1-2H3,(H,16,17,19). The third-order valence-electron chi connectivity index (χ3n) is 3.10. The van der Waals surface area contributed by atoms with E-state index in [0.29, 0.717) is 5.95 Å². The van der Waals surface area contributed by atoms with Crippen LogP contribution in [0.25, 0.3) is 17.1 Å². The summed E-state index contributed by atoms with van der Waals surface area (Å²) in [4.78, 5) is 8.84. The number of hydrogen-bond acceptors (Lipinski definition) is 5. The van der Waals surface area contributed by atoms with Gasteiger partial charge in [0.2, 0.25) is 5.95 Å². The topological polar surface area (TPSA) is 68.5 Å². The van der Waals surface area contributed by atoms with Gasteiger partial charge in [-0.2, -0.15) is 0 Å². The maximum atomic E-state index is 4.57. The van der Waals surface area contributed by atoms with Crippen LogP contribution in [-0.2, 0) is 0 Å². The summed E-state index contributed by atoms with van der Waals surface area (Å²) in [6, 6.07) is 9.88. The predicted molar refractivity (Wildman–Crippen MR) is 81.3 cm³/mol. The van der Waals surface area contributed by atoms with Gasteiger partial charge in [-0.25, -0.2) is 14.6 Å². The van der Waals surface area contributed by atoms with E-state index >= 15 is 0 Å². The Morgan fingerprint density at radius 1 is 1.14 bits per heavy atom. The highest BCUT2D eigenvalue weighted by Gasteiger charge is 2.13. The molecule has 21 heavy (non-hydrogen) atoms. The first-order chi connectivity index (χ1) is 10.3. The molecule has 0 radical (unpaired) electrons. The SMILES string of the molecule is CCNc1ncc(C)c(-c2cnnn2-c2ccccc2)n1. The molecule has 2 aromatic heterocycles. The lowest BCUT2D eigenvalue weighted by molar-refractivity contribution is 0.805. The van der Waals surface area contributed by atoms with Gasteiger partial charge in [0.15, 0.2) is 0 Å². The van der Waals surface area contributed by atoms with Crippen molar-refractivity contribution < 1.29 is 0 Å². The predicted octanol–water partition coefficient (Wildman–Crippen LogP) is 2.46. The zero-order chi connectivity index (χ0) is 14.7. The molecule has 6 heteroatoms. The Kier molecular flexibility index (Phi) is 3.59. The summed E-state index contributed by atoms with van der Waals surface area (Å²) in [7, 11) is 0. The summed E-state index contributed by atoms with van der Waals surface area (Å²) < 4.78 is 1.78. The Balaban J connectivity index is 2.10. The third kappa shape index (κ3) is 2.60. The zero-order valence-corrected chi connectivity index (χ0v) is 12.0. The van der Waals surface area contributed by atoms with Gasteiger partial charge in [-0.05, 0) is 31.5 Å². The summed E-state index contributed by atoms with van der Waals surface area (Å²) in [5.74, 6) is 0.610. The minimum Gasteiger partial charge on any atom is -0.354 e. The van der Waals surface area contributed by atoms with Crippen LogP contribution in [0.5, 0.6) is 0 Å². The Hall–Kier alpha value is -2.76. The molecule has 0 saturated heterocycles. The van der Waals surface area contributed by atoms with Crippen LogP contribution < -0.4 is 5.32 Å². The van der Waals surface area contributed by atoms with Gasteiger partial charge in [-0.3, -0.25) is 0 Å². The van der Waals surface area contributed by atoms with E-state index in [9.17, 15) is 0 Å². The van der Waals surface area contributed by atoms with Crippen molar-refractivity contribution in [2.45, 2.75) is 13.8 Å². The van der Waals surface area contributed by atoms with Gasteiger partial charge in [0, 0.05) is 12.7 Å². The lowest BCUT2D eigenvalue weighted by atomic mass is 10.2. The van der Waals surface area contributed by atoms with Gasteiger partial charge in [0.25, 0.3) is 0 Å². The minimum absolute atomic E-state index is 0.610. The molecule has 0 atom stereocenters. The van der Waals surface area contributed by atoms with E-state index in [-0.39, 0.29) is 0 Å². The Morgan fingerprint density at radius 2 is 1.95 bits per heavy atom. The van der Waals surface area contributed by atoms with Crippen LogP contribution in [0, 0.1) is 6.92 Å². The van der Waals surface area contributed by atoms with E-state index in [4.69, 9.17) is 0 Å². The number of rotatable bonds is 4. The van der Waals surface area contributed by atoms with E-state index in [1.165, 1.54) is 0 Å². The molecule has 1 aromatic carbocycles. The average molecular weight is 280 g/mol. The number of aromatic nitrogens is 5. The number of nitrogens with zero attached hydrogens (tertiary/aromatic N) is 5. The lowest BCUT2D eigenvalue weighted by Gasteiger charge is -2.09. The van der Waals surface area contributed by atoms with Crippen molar-refractivity contribution in [2.75, 3.05) is 11.9 Å². The Labute approximate surface area is 122 Å². The maximum Gasteiger partial charge on any atom is 0.223 e. The largest absolute Gasteiger partial charge is 0.354 e. The van der Waals surface area contributed by atoms with Crippen molar-refractivity contribution in [1.29, 1.82) is 0 Å². The number of nitrogens with one attached hydrogen (secondary N) is 1. The fraction of sp³-hybridized carbons (Fsp3) is 0.200. The summed E-state index contributed by atoms with van der Waals surface area (Å²) in [5, 5.41) is 11.3.